The number of hydrogen-bond donors (Lipinski definition) is 1. The molecule has 2 aromatic rings. The summed E-state index contributed by atoms with van der Waals surface area (Å²) >= 11 is 7.16. The Morgan fingerprint density at radius 2 is 2.00 bits per heavy atom. The van der Waals surface area contributed by atoms with Gasteiger partial charge in [0.15, 0.2) is 0 Å². The molecule has 0 saturated heterocycles. The molecule has 0 saturated carbocycles. The Morgan fingerprint density at radius 3 is 2.64 bits per heavy atom. The topological polar surface area (TPSA) is 72.7 Å². The van der Waals surface area contributed by atoms with Gasteiger partial charge in [-0.3, -0.25) is 4.79 Å². The van der Waals surface area contributed by atoms with Gasteiger partial charge in [-0.25, -0.2) is 4.68 Å². The second-order valence-electron chi connectivity index (χ2n) is 5.29. The van der Waals surface area contributed by atoms with Gasteiger partial charge in [0.1, 0.15) is 0 Å². The number of thioether (sulfide) groups is 1. The molecule has 0 fully saturated rings. The SMILES string of the molecule is CC(C)Cn1nnnc1SC(C)C(=O)Nc1ccc(Cl)cc1. The second kappa shape index (κ2) is 7.60. The van der Waals surface area contributed by atoms with Crippen LogP contribution in [0.25, 0.3) is 0 Å². The normalized spacial score (nSPS) is 12.4. The van der Waals surface area contributed by atoms with Crippen molar-refractivity contribution in [1.29, 1.82) is 0 Å². The number of anilines is 1. The summed E-state index contributed by atoms with van der Waals surface area (Å²) in [6, 6.07) is 7.00. The van der Waals surface area contributed by atoms with Crippen LogP contribution in [0, 0.1) is 5.92 Å². The van der Waals surface area contributed by atoms with Crippen LogP contribution in [0.2, 0.25) is 5.02 Å². The molecule has 6 nitrogen and oxygen atoms in total. The molecule has 0 aliphatic carbocycles. The minimum atomic E-state index is -0.312. The largest absolute Gasteiger partial charge is 0.325 e. The summed E-state index contributed by atoms with van der Waals surface area (Å²) in [7, 11) is 0. The highest BCUT2D eigenvalue weighted by molar-refractivity contribution is 8.00. The first kappa shape index (κ1) is 16.8. The van der Waals surface area contributed by atoms with E-state index in [0.29, 0.717) is 21.8 Å². The Bertz CT molecular complexity index is 628. The van der Waals surface area contributed by atoms with Crippen molar-refractivity contribution >= 4 is 35.0 Å². The molecule has 8 heteroatoms. The number of tetrazole rings is 1. The lowest BCUT2D eigenvalue weighted by Gasteiger charge is -2.12. The monoisotopic (exact) mass is 339 g/mol. The first-order valence-electron chi connectivity index (χ1n) is 6.95. The lowest BCUT2D eigenvalue weighted by atomic mass is 10.2. The highest BCUT2D eigenvalue weighted by atomic mass is 35.5. The zero-order valence-corrected chi connectivity index (χ0v) is 14.2. The summed E-state index contributed by atoms with van der Waals surface area (Å²) in [5.41, 5.74) is 0.712. The molecule has 1 N–H and O–H groups in total. The van der Waals surface area contributed by atoms with Crippen LogP contribution in [0.15, 0.2) is 29.4 Å². The summed E-state index contributed by atoms with van der Waals surface area (Å²) in [5.74, 6) is 0.326. The van der Waals surface area contributed by atoms with Gasteiger partial charge in [0.25, 0.3) is 0 Å². The van der Waals surface area contributed by atoms with Gasteiger partial charge in [0.05, 0.1) is 5.25 Å². The summed E-state index contributed by atoms with van der Waals surface area (Å²) < 4.78 is 1.72. The molecular weight excluding hydrogens is 322 g/mol. The van der Waals surface area contributed by atoms with Gasteiger partial charge in [-0.1, -0.05) is 37.2 Å². The molecular formula is C14H18ClN5OS. The van der Waals surface area contributed by atoms with Crippen LogP contribution in [0.4, 0.5) is 5.69 Å². The standard InChI is InChI=1S/C14H18ClN5OS/c1-9(2)8-20-14(17-18-19-20)22-10(3)13(21)16-12-6-4-11(15)5-7-12/h4-7,9-10H,8H2,1-3H3,(H,16,21). The third kappa shape index (κ3) is 4.71. The molecule has 2 rings (SSSR count). The number of aromatic nitrogens is 4. The van der Waals surface area contributed by atoms with Gasteiger partial charge < -0.3 is 5.32 Å². The summed E-state index contributed by atoms with van der Waals surface area (Å²) in [6.07, 6.45) is 0. The number of rotatable bonds is 6. The molecule has 1 aromatic heterocycles. The predicted octanol–water partition coefficient (Wildman–Crippen LogP) is 3.10. The molecule has 1 heterocycles. The average molecular weight is 340 g/mol. The minimum Gasteiger partial charge on any atom is -0.325 e. The molecule has 1 aromatic carbocycles. The Balaban J connectivity index is 1.96. The van der Waals surface area contributed by atoms with Crippen molar-refractivity contribution in [2.75, 3.05) is 5.32 Å². The maximum Gasteiger partial charge on any atom is 0.237 e. The third-order valence-corrected chi connectivity index (χ3v) is 4.12. The van der Waals surface area contributed by atoms with Crippen LogP contribution in [0.3, 0.4) is 0 Å². The predicted molar refractivity (Wildman–Crippen MR) is 88.1 cm³/mol. The summed E-state index contributed by atoms with van der Waals surface area (Å²) in [5, 5.41) is 15.4. The quantitative estimate of drug-likeness (QED) is 0.819. The van der Waals surface area contributed by atoms with E-state index in [2.05, 4.69) is 34.7 Å². The second-order valence-corrected chi connectivity index (χ2v) is 7.04. The number of halogens is 1. The molecule has 22 heavy (non-hydrogen) atoms. The van der Waals surface area contributed by atoms with Crippen LogP contribution in [0.1, 0.15) is 20.8 Å². The average Bonchev–Trinajstić information content (AvgIpc) is 2.87. The van der Waals surface area contributed by atoms with Crippen molar-refractivity contribution in [3.05, 3.63) is 29.3 Å². The van der Waals surface area contributed by atoms with E-state index < -0.39 is 0 Å². The van der Waals surface area contributed by atoms with Crippen molar-refractivity contribution in [2.24, 2.45) is 5.92 Å². The number of nitrogens with zero attached hydrogens (tertiary/aromatic N) is 4. The van der Waals surface area contributed by atoms with E-state index >= 15 is 0 Å². The maximum atomic E-state index is 12.2. The first-order chi connectivity index (χ1) is 10.5. The molecule has 1 amide bonds. The fourth-order valence-electron chi connectivity index (χ4n) is 1.73. The molecule has 0 aliphatic rings. The highest BCUT2D eigenvalue weighted by Crippen LogP contribution is 2.22. The lowest BCUT2D eigenvalue weighted by molar-refractivity contribution is -0.115. The minimum absolute atomic E-state index is 0.105. The van der Waals surface area contributed by atoms with E-state index in [1.807, 2.05) is 6.92 Å². The van der Waals surface area contributed by atoms with Crippen LogP contribution in [0.5, 0.6) is 0 Å². The van der Waals surface area contributed by atoms with Gasteiger partial charge in [0, 0.05) is 17.3 Å². The number of benzene rings is 1. The maximum absolute atomic E-state index is 12.2. The van der Waals surface area contributed by atoms with E-state index in [1.54, 1.807) is 28.9 Å². The molecule has 118 valence electrons. The summed E-state index contributed by atoms with van der Waals surface area (Å²) in [6.45, 7) is 6.73. The van der Waals surface area contributed by atoms with E-state index in [0.717, 1.165) is 6.54 Å². The Labute approximate surface area is 138 Å². The van der Waals surface area contributed by atoms with Crippen LogP contribution in [-0.4, -0.2) is 31.4 Å². The van der Waals surface area contributed by atoms with E-state index in [9.17, 15) is 4.79 Å². The number of amides is 1. The lowest BCUT2D eigenvalue weighted by Crippen LogP contribution is -2.23. The van der Waals surface area contributed by atoms with Crippen LogP contribution < -0.4 is 5.32 Å². The fraction of sp³-hybridized carbons (Fsp3) is 0.429. The van der Waals surface area contributed by atoms with Crippen molar-refractivity contribution in [3.8, 4) is 0 Å². The number of hydrogen-bond acceptors (Lipinski definition) is 5. The van der Waals surface area contributed by atoms with E-state index in [-0.39, 0.29) is 11.2 Å². The molecule has 0 bridgehead atoms. The third-order valence-electron chi connectivity index (χ3n) is 2.80. The van der Waals surface area contributed by atoms with Gasteiger partial charge >= 0.3 is 0 Å². The molecule has 1 unspecified atom stereocenters. The number of carbonyl (C=O) groups is 1. The van der Waals surface area contributed by atoms with Gasteiger partial charge in [-0.05, 0) is 47.5 Å². The van der Waals surface area contributed by atoms with Crippen LogP contribution in [-0.2, 0) is 11.3 Å². The Kier molecular flexibility index (Phi) is 5.79. The Hall–Kier alpha value is -1.60. The fourth-order valence-corrected chi connectivity index (χ4v) is 2.65. The van der Waals surface area contributed by atoms with E-state index in [4.69, 9.17) is 11.6 Å². The van der Waals surface area contributed by atoms with Crippen molar-refractivity contribution in [3.63, 3.8) is 0 Å². The smallest absolute Gasteiger partial charge is 0.237 e. The van der Waals surface area contributed by atoms with Crippen LogP contribution >= 0.6 is 23.4 Å². The van der Waals surface area contributed by atoms with Crippen molar-refractivity contribution in [1.82, 2.24) is 20.2 Å². The zero-order valence-electron chi connectivity index (χ0n) is 12.7. The molecule has 0 aliphatic heterocycles. The zero-order chi connectivity index (χ0) is 16.1. The first-order valence-corrected chi connectivity index (χ1v) is 8.20. The molecule has 0 spiro atoms. The van der Waals surface area contributed by atoms with Crippen molar-refractivity contribution < 1.29 is 4.79 Å². The number of nitrogens with one attached hydrogen (secondary N) is 1. The van der Waals surface area contributed by atoms with Gasteiger partial charge in [0.2, 0.25) is 11.1 Å². The van der Waals surface area contributed by atoms with E-state index in [1.165, 1.54) is 11.8 Å². The number of carbonyl (C=O) groups excluding carboxylic acids is 1. The molecule has 0 radical (unpaired) electrons. The van der Waals surface area contributed by atoms with Gasteiger partial charge in [-0.2, -0.15) is 0 Å². The highest BCUT2D eigenvalue weighted by Gasteiger charge is 2.19. The Morgan fingerprint density at radius 1 is 1.32 bits per heavy atom. The molecule has 1 atom stereocenters. The summed E-state index contributed by atoms with van der Waals surface area (Å²) in [4.78, 5) is 12.2. The van der Waals surface area contributed by atoms with Crippen molar-refractivity contribution in [2.45, 2.75) is 37.7 Å². The van der Waals surface area contributed by atoms with Gasteiger partial charge in [-0.15, -0.1) is 5.10 Å².